The number of rotatable bonds is 0. The first-order valence-electron chi connectivity index (χ1n) is 3.56. The third-order valence-electron chi connectivity index (χ3n) is 1.75. The molecule has 2 aromatic rings. The summed E-state index contributed by atoms with van der Waals surface area (Å²) in [5, 5.41) is 4.37. The second-order valence-electron chi connectivity index (χ2n) is 2.73. The van der Waals surface area contributed by atoms with Crippen LogP contribution in [-0.2, 0) is 7.05 Å². The number of fused-ring (bicyclic) bond motifs is 1. The van der Waals surface area contributed by atoms with Crippen molar-refractivity contribution in [2.45, 2.75) is 0 Å². The molecule has 0 aliphatic rings. The molecule has 5 heteroatoms. The quantitative estimate of drug-likeness (QED) is 0.654. The van der Waals surface area contributed by atoms with Gasteiger partial charge in [-0.15, -0.1) is 0 Å². The van der Waals surface area contributed by atoms with Gasteiger partial charge >= 0.3 is 0 Å². The Kier molecular flexibility index (Phi) is 1.83. The van der Waals surface area contributed by atoms with Gasteiger partial charge in [-0.05, 0) is 22.0 Å². The van der Waals surface area contributed by atoms with Gasteiger partial charge in [-0.25, -0.2) is 8.78 Å². The first-order valence-corrected chi connectivity index (χ1v) is 4.35. The largest absolute Gasteiger partial charge is 0.274 e. The zero-order chi connectivity index (χ0) is 9.59. The van der Waals surface area contributed by atoms with Gasteiger partial charge in [0.15, 0.2) is 11.6 Å². The average Bonchev–Trinajstić information content (AvgIpc) is 2.42. The van der Waals surface area contributed by atoms with Gasteiger partial charge in [0.1, 0.15) is 5.52 Å². The van der Waals surface area contributed by atoms with Crippen LogP contribution in [0.1, 0.15) is 0 Å². The Labute approximate surface area is 81.3 Å². The van der Waals surface area contributed by atoms with Crippen LogP contribution in [-0.4, -0.2) is 9.78 Å². The Balaban J connectivity index is 2.92. The zero-order valence-electron chi connectivity index (χ0n) is 6.68. The highest BCUT2D eigenvalue weighted by Gasteiger charge is 2.13. The summed E-state index contributed by atoms with van der Waals surface area (Å²) in [6.45, 7) is 0. The van der Waals surface area contributed by atoms with Crippen LogP contribution in [0.2, 0.25) is 0 Å². The monoisotopic (exact) mass is 246 g/mol. The van der Waals surface area contributed by atoms with Gasteiger partial charge in [0, 0.05) is 18.6 Å². The standard InChI is InChI=1S/C8H5BrF2N2/c1-13-3-4-2-5(9)6(10)7(11)8(4)12-13/h2-3H,1H3. The highest BCUT2D eigenvalue weighted by atomic mass is 79.9. The molecule has 0 spiro atoms. The summed E-state index contributed by atoms with van der Waals surface area (Å²) in [7, 11) is 1.66. The number of aromatic nitrogens is 2. The Morgan fingerprint density at radius 3 is 2.77 bits per heavy atom. The molecule has 1 aromatic heterocycles. The lowest BCUT2D eigenvalue weighted by Crippen LogP contribution is -1.89. The summed E-state index contributed by atoms with van der Waals surface area (Å²) in [5.41, 5.74) is 0.0585. The number of hydrogen-bond donors (Lipinski definition) is 0. The Hall–Kier alpha value is -0.970. The molecule has 0 aliphatic heterocycles. The van der Waals surface area contributed by atoms with Gasteiger partial charge in [0.2, 0.25) is 0 Å². The molecule has 68 valence electrons. The van der Waals surface area contributed by atoms with Crippen molar-refractivity contribution in [1.82, 2.24) is 9.78 Å². The van der Waals surface area contributed by atoms with Gasteiger partial charge in [0.25, 0.3) is 0 Å². The van der Waals surface area contributed by atoms with Crippen molar-refractivity contribution >= 4 is 26.8 Å². The number of hydrogen-bond acceptors (Lipinski definition) is 1. The van der Waals surface area contributed by atoms with Crippen LogP contribution in [0.15, 0.2) is 16.7 Å². The van der Waals surface area contributed by atoms with E-state index in [2.05, 4.69) is 21.0 Å². The molecule has 0 amide bonds. The Morgan fingerprint density at radius 1 is 1.38 bits per heavy atom. The molecule has 2 nitrogen and oxygen atoms in total. The minimum absolute atomic E-state index is 0.0585. The zero-order valence-corrected chi connectivity index (χ0v) is 8.27. The highest BCUT2D eigenvalue weighted by molar-refractivity contribution is 9.10. The van der Waals surface area contributed by atoms with Gasteiger partial charge in [-0.3, -0.25) is 4.68 Å². The molecular formula is C8H5BrF2N2. The lowest BCUT2D eigenvalue weighted by atomic mass is 10.2. The van der Waals surface area contributed by atoms with E-state index >= 15 is 0 Å². The molecule has 1 aromatic carbocycles. The Morgan fingerprint density at radius 2 is 2.08 bits per heavy atom. The maximum absolute atomic E-state index is 13.2. The van der Waals surface area contributed by atoms with Crippen LogP contribution >= 0.6 is 15.9 Å². The fourth-order valence-corrected chi connectivity index (χ4v) is 1.61. The first kappa shape index (κ1) is 8.62. The van der Waals surface area contributed by atoms with E-state index in [1.54, 1.807) is 13.2 Å². The summed E-state index contributed by atoms with van der Waals surface area (Å²) in [6, 6.07) is 1.50. The van der Waals surface area contributed by atoms with E-state index in [9.17, 15) is 8.78 Å². The molecule has 2 rings (SSSR count). The molecule has 0 saturated heterocycles. The minimum atomic E-state index is -0.912. The molecule has 0 aliphatic carbocycles. The topological polar surface area (TPSA) is 17.8 Å². The molecule has 0 bridgehead atoms. The molecule has 0 saturated carbocycles. The number of nitrogens with zero attached hydrogens (tertiary/aromatic N) is 2. The molecule has 13 heavy (non-hydrogen) atoms. The van der Waals surface area contributed by atoms with Crippen molar-refractivity contribution in [3.05, 3.63) is 28.4 Å². The minimum Gasteiger partial charge on any atom is -0.274 e. The van der Waals surface area contributed by atoms with Crippen molar-refractivity contribution in [2.75, 3.05) is 0 Å². The fourth-order valence-electron chi connectivity index (χ4n) is 1.19. The second kappa shape index (κ2) is 2.77. The molecule has 0 unspecified atom stereocenters. The van der Waals surface area contributed by atoms with Crippen molar-refractivity contribution < 1.29 is 8.78 Å². The second-order valence-corrected chi connectivity index (χ2v) is 3.58. The van der Waals surface area contributed by atoms with E-state index in [1.807, 2.05) is 0 Å². The van der Waals surface area contributed by atoms with E-state index in [0.717, 1.165) is 0 Å². The van der Waals surface area contributed by atoms with Crippen LogP contribution in [0.25, 0.3) is 10.9 Å². The number of benzene rings is 1. The molecule has 0 fully saturated rings. The van der Waals surface area contributed by atoms with Gasteiger partial charge < -0.3 is 0 Å². The molecular weight excluding hydrogens is 242 g/mol. The predicted octanol–water partition coefficient (Wildman–Crippen LogP) is 2.61. The van der Waals surface area contributed by atoms with Crippen LogP contribution in [0, 0.1) is 11.6 Å². The molecule has 0 atom stereocenters. The van der Waals surface area contributed by atoms with E-state index in [-0.39, 0.29) is 9.99 Å². The third-order valence-corrected chi connectivity index (χ3v) is 2.33. The summed E-state index contributed by atoms with van der Waals surface area (Å²) in [6.07, 6.45) is 1.63. The van der Waals surface area contributed by atoms with E-state index in [4.69, 9.17) is 0 Å². The van der Waals surface area contributed by atoms with E-state index in [0.29, 0.717) is 5.39 Å². The van der Waals surface area contributed by atoms with Gasteiger partial charge in [0.05, 0.1) is 4.47 Å². The molecule has 0 radical (unpaired) electrons. The third kappa shape index (κ3) is 1.23. The first-order chi connectivity index (χ1) is 6.09. The lowest BCUT2D eigenvalue weighted by Gasteiger charge is -1.95. The van der Waals surface area contributed by atoms with Crippen molar-refractivity contribution in [2.24, 2.45) is 7.05 Å². The maximum Gasteiger partial charge on any atom is 0.188 e. The van der Waals surface area contributed by atoms with Crippen molar-refractivity contribution in [1.29, 1.82) is 0 Å². The molecule has 0 N–H and O–H groups in total. The maximum atomic E-state index is 13.2. The summed E-state index contributed by atoms with van der Waals surface area (Å²) in [4.78, 5) is 0. The predicted molar refractivity (Wildman–Crippen MR) is 48.3 cm³/mol. The highest BCUT2D eigenvalue weighted by Crippen LogP contribution is 2.25. The van der Waals surface area contributed by atoms with E-state index < -0.39 is 11.6 Å². The lowest BCUT2D eigenvalue weighted by molar-refractivity contribution is 0.510. The van der Waals surface area contributed by atoms with Crippen LogP contribution in [0.3, 0.4) is 0 Å². The summed E-state index contributed by atoms with van der Waals surface area (Å²) < 4.78 is 27.8. The van der Waals surface area contributed by atoms with Gasteiger partial charge in [-0.2, -0.15) is 5.10 Å². The van der Waals surface area contributed by atoms with Crippen molar-refractivity contribution in [3.8, 4) is 0 Å². The van der Waals surface area contributed by atoms with Gasteiger partial charge in [-0.1, -0.05) is 0 Å². The average molecular weight is 247 g/mol. The SMILES string of the molecule is Cn1cc2cc(Br)c(F)c(F)c2n1. The number of halogens is 3. The van der Waals surface area contributed by atoms with Crippen LogP contribution < -0.4 is 0 Å². The molecule has 1 heterocycles. The number of aryl methyl sites for hydroxylation is 1. The summed E-state index contributed by atoms with van der Waals surface area (Å²) >= 11 is 2.92. The fraction of sp³-hybridized carbons (Fsp3) is 0.125. The van der Waals surface area contributed by atoms with Crippen molar-refractivity contribution in [3.63, 3.8) is 0 Å². The summed E-state index contributed by atoms with van der Waals surface area (Å²) in [5.74, 6) is -1.81. The smallest absolute Gasteiger partial charge is 0.188 e. The Bertz CT molecular complexity index is 478. The van der Waals surface area contributed by atoms with Crippen LogP contribution in [0.5, 0.6) is 0 Å². The van der Waals surface area contributed by atoms with Crippen LogP contribution in [0.4, 0.5) is 8.78 Å². The normalized spacial score (nSPS) is 11.1. The van der Waals surface area contributed by atoms with E-state index in [1.165, 1.54) is 10.7 Å².